The van der Waals surface area contributed by atoms with Crippen LogP contribution in [0.15, 0.2) is 40.9 Å². The molecule has 0 aromatic heterocycles. The number of halogens is 1. The summed E-state index contributed by atoms with van der Waals surface area (Å²) < 4.78 is 5.90. The van der Waals surface area contributed by atoms with E-state index < -0.39 is 6.04 Å². The molecule has 0 radical (unpaired) electrons. The Kier molecular flexibility index (Phi) is 6.11. The number of ether oxygens (including phenoxy) is 1. The summed E-state index contributed by atoms with van der Waals surface area (Å²) in [6.07, 6.45) is 0. The van der Waals surface area contributed by atoms with Crippen LogP contribution < -0.4 is 10.1 Å². The van der Waals surface area contributed by atoms with Gasteiger partial charge < -0.3 is 15.0 Å². The lowest BCUT2D eigenvalue weighted by Crippen LogP contribution is -2.44. The molecule has 0 spiro atoms. The monoisotopic (exact) mass is 448 g/mol. The molecule has 0 saturated carbocycles. The Labute approximate surface area is 171 Å². The fourth-order valence-corrected chi connectivity index (χ4v) is 4.42. The van der Waals surface area contributed by atoms with Crippen molar-refractivity contribution in [3.05, 3.63) is 57.6 Å². The number of aryl methyl sites for hydroxylation is 2. The van der Waals surface area contributed by atoms with Crippen molar-refractivity contribution in [2.24, 2.45) is 0 Å². The van der Waals surface area contributed by atoms with Gasteiger partial charge in [0, 0.05) is 15.9 Å². The number of nitrogens with one attached hydrogen (secondary N) is 1. The summed E-state index contributed by atoms with van der Waals surface area (Å²) in [5.74, 6) is 1.29. The molecule has 2 aromatic rings. The average Bonchev–Trinajstić information content (AvgIpc) is 3.14. The third-order valence-corrected chi connectivity index (χ3v) is 6.33. The fourth-order valence-electron chi connectivity index (χ4n) is 2.85. The van der Waals surface area contributed by atoms with Gasteiger partial charge in [-0.1, -0.05) is 6.07 Å². The van der Waals surface area contributed by atoms with Crippen LogP contribution in [0.4, 0.5) is 5.69 Å². The van der Waals surface area contributed by atoms with Crippen molar-refractivity contribution < 1.29 is 14.3 Å². The third kappa shape index (κ3) is 4.30. The molecule has 1 fully saturated rings. The van der Waals surface area contributed by atoms with Crippen molar-refractivity contribution in [3.8, 4) is 5.75 Å². The number of rotatable bonds is 4. The van der Waals surface area contributed by atoms with E-state index in [1.54, 1.807) is 42.0 Å². The number of amides is 2. The van der Waals surface area contributed by atoms with Gasteiger partial charge in [-0.3, -0.25) is 9.59 Å². The standard InChI is InChI=1S/C20H21BrN2O3S/c1-12-4-5-14(8-13(12)2)22-19(24)18-10-27-11-23(18)20(25)16-9-15(26-3)6-7-17(16)21/h4-9,18H,10-11H2,1-3H3,(H,22,24). The molecular formula is C20H21BrN2O3S. The fraction of sp³-hybridized carbons (Fsp3) is 0.300. The molecule has 7 heteroatoms. The summed E-state index contributed by atoms with van der Waals surface area (Å²) in [5, 5.41) is 2.94. The van der Waals surface area contributed by atoms with Crippen LogP contribution in [-0.2, 0) is 4.79 Å². The Bertz CT molecular complexity index is 888. The zero-order valence-electron chi connectivity index (χ0n) is 15.4. The number of methoxy groups -OCH3 is 1. The first-order valence-corrected chi connectivity index (χ1v) is 10.5. The van der Waals surface area contributed by atoms with Gasteiger partial charge in [-0.15, -0.1) is 11.8 Å². The summed E-state index contributed by atoms with van der Waals surface area (Å²) in [7, 11) is 1.56. The predicted molar refractivity (Wildman–Crippen MR) is 113 cm³/mol. The number of carbonyl (C=O) groups is 2. The first kappa shape index (κ1) is 19.8. The molecule has 0 aliphatic carbocycles. The molecule has 5 nitrogen and oxygen atoms in total. The van der Waals surface area contributed by atoms with Crippen LogP contribution in [0.3, 0.4) is 0 Å². The van der Waals surface area contributed by atoms with E-state index in [0.29, 0.717) is 27.4 Å². The van der Waals surface area contributed by atoms with Gasteiger partial charge in [0.05, 0.1) is 18.6 Å². The van der Waals surface area contributed by atoms with E-state index in [1.807, 2.05) is 32.0 Å². The van der Waals surface area contributed by atoms with Crippen molar-refractivity contribution in [2.75, 3.05) is 24.1 Å². The van der Waals surface area contributed by atoms with Crippen LogP contribution in [0.1, 0.15) is 21.5 Å². The van der Waals surface area contributed by atoms with Gasteiger partial charge in [-0.2, -0.15) is 0 Å². The summed E-state index contributed by atoms with van der Waals surface area (Å²) in [4.78, 5) is 27.5. The van der Waals surface area contributed by atoms with Crippen molar-refractivity contribution in [3.63, 3.8) is 0 Å². The second-order valence-electron chi connectivity index (χ2n) is 6.42. The predicted octanol–water partition coefficient (Wildman–Crippen LogP) is 4.23. The molecule has 1 aliphatic rings. The highest BCUT2D eigenvalue weighted by Crippen LogP contribution is 2.29. The van der Waals surface area contributed by atoms with Crippen LogP contribution in [0.5, 0.6) is 5.75 Å². The largest absolute Gasteiger partial charge is 0.497 e. The number of hydrogen-bond acceptors (Lipinski definition) is 4. The molecule has 142 valence electrons. The van der Waals surface area contributed by atoms with Crippen molar-refractivity contribution >= 4 is 45.2 Å². The number of thioether (sulfide) groups is 1. The lowest BCUT2D eigenvalue weighted by atomic mass is 10.1. The maximum atomic E-state index is 13.0. The Morgan fingerprint density at radius 2 is 1.96 bits per heavy atom. The molecule has 0 bridgehead atoms. The highest BCUT2D eigenvalue weighted by Gasteiger charge is 2.36. The van der Waals surface area contributed by atoms with E-state index >= 15 is 0 Å². The first-order chi connectivity index (χ1) is 12.9. The first-order valence-electron chi connectivity index (χ1n) is 8.51. The van der Waals surface area contributed by atoms with E-state index in [1.165, 1.54) is 5.56 Å². The second kappa shape index (κ2) is 8.35. The number of carbonyl (C=O) groups excluding carboxylic acids is 2. The van der Waals surface area contributed by atoms with Gasteiger partial charge in [-0.05, 0) is 71.2 Å². The molecule has 2 aromatic carbocycles. The minimum Gasteiger partial charge on any atom is -0.497 e. The summed E-state index contributed by atoms with van der Waals surface area (Å²) >= 11 is 4.99. The van der Waals surface area contributed by atoms with E-state index in [4.69, 9.17) is 4.74 Å². The minimum absolute atomic E-state index is 0.171. The van der Waals surface area contributed by atoms with Gasteiger partial charge in [0.15, 0.2) is 0 Å². The highest BCUT2D eigenvalue weighted by atomic mass is 79.9. The van der Waals surface area contributed by atoms with Crippen LogP contribution in [-0.4, -0.2) is 41.5 Å². The quantitative estimate of drug-likeness (QED) is 0.759. The molecule has 1 unspecified atom stereocenters. The van der Waals surface area contributed by atoms with Gasteiger partial charge in [-0.25, -0.2) is 0 Å². The number of anilines is 1. The Balaban J connectivity index is 1.79. The molecule has 1 aliphatic heterocycles. The molecule has 1 atom stereocenters. The maximum Gasteiger partial charge on any atom is 0.256 e. The minimum atomic E-state index is -0.512. The second-order valence-corrected chi connectivity index (χ2v) is 8.28. The van der Waals surface area contributed by atoms with Gasteiger partial charge in [0.2, 0.25) is 5.91 Å². The summed E-state index contributed by atoms with van der Waals surface area (Å²) in [5.41, 5.74) is 3.52. The molecule has 1 N–H and O–H groups in total. The average molecular weight is 449 g/mol. The van der Waals surface area contributed by atoms with Crippen molar-refractivity contribution in [2.45, 2.75) is 19.9 Å². The highest BCUT2D eigenvalue weighted by molar-refractivity contribution is 9.10. The van der Waals surface area contributed by atoms with E-state index in [-0.39, 0.29) is 11.8 Å². The molecule has 27 heavy (non-hydrogen) atoms. The summed E-state index contributed by atoms with van der Waals surface area (Å²) in [6.45, 7) is 4.04. The van der Waals surface area contributed by atoms with Crippen LogP contribution in [0.25, 0.3) is 0 Å². The number of nitrogens with zero attached hydrogens (tertiary/aromatic N) is 1. The van der Waals surface area contributed by atoms with E-state index in [0.717, 1.165) is 11.3 Å². The van der Waals surface area contributed by atoms with Crippen molar-refractivity contribution in [1.29, 1.82) is 0 Å². The smallest absolute Gasteiger partial charge is 0.256 e. The SMILES string of the molecule is COc1ccc(Br)c(C(=O)N2CSCC2C(=O)Nc2ccc(C)c(C)c2)c1. The Hall–Kier alpha value is -1.99. The number of benzene rings is 2. The lowest BCUT2D eigenvalue weighted by Gasteiger charge is -2.24. The van der Waals surface area contributed by atoms with Gasteiger partial charge in [0.25, 0.3) is 5.91 Å². The molecule has 1 heterocycles. The van der Waals surface area contributed by atoms with Crippen LogP contribution in [0, 0.1) is 13.8 Å². The van der Waals surface area contributed by atoms with Crippen LogP contribution in [0.2, 0.25) is 0 Å². The van der Waals surface area contributed by atoms with E-state index in [9.17, 15) is 9.59 Å². The van der Waals surface area contributed by atoms with Crippen molar-refractivity contribution in [1.82, 2.24) is 4.90 Å². The molecule has 2 amide bonds. The topological polar surface area (TPSA) is 58.6 Å². The molecular weight excluding hydrogens is 428 g/mol. The molecule has 1 saturated heterocycles. The van der Waals surface area contributed by atoms with Crippen LogP contribution >= 0.6 is 27.7 Å². The number of hydrogen-bond donors (Lipinski definition) is 1. The maximum absolute atomic E-state index is 13.0. The zero-order chi connectivity index (χ0) is 19.6. The zero-order valence-corrected chi connectivity index (χ0v) is 17.8. The Morgan fingerprint density at radius 3 is 2.67 bits per heavy atom. The lowest BCUT2D eigenvalue weighted by molar-refractivity contribution is -0.119. The summed E-state index contributed by atoms with van der Waals surface area (Å²) in [6, 6.07) is 10.5. The Morgan fingerprint density at radius 1 is 1.19 bits per heavy atom. The van der Waals surface area contributed by atoms with Gasteiger partial charge in [0.1, 0.15) is 11.8 Å². The normalized spacial score (nSPS) is 16.3. The van der Waals surface area contributed by atoms with E-state index in [2.05, 4.69) is 21.2 Å². The van der Waals surface area contributed by atoms with Gasteiger partial charge >= 0.3 is 0 Å². The molecule has 3 rings (SSSR count). The third-order valence-electron chi connectivity index (χ3n) is 4.62.